The summed E-state index contributed by atoms with van der Waals surface area (Å²) in [6, 6.07) is 13.0. The molecule has 0 amide bonds. The van der Waals surface area contributed by atoms with E-state index in [1.807, 2.05) is 30.3 Å². The van der Waals surface area contributed by atoms with Gasteiger partial charge in [0.15, 0.2) is 0 Å². The average Bonchev–Trinajstić information content (AvgIpc) is 2.34. The highest BCUT2D eigenvalue weighted by Crippen LogP contribution is 2.27. The van der Waals surface area contributed by atoms with Gasteiger partial charge in [-0.25, -0.2) is 0 Å². The van der Waals surface area contributed by atoms with Gasteiger partial charge >= 0.3 is 0 Å². The van der Waals surface area contributed by atoms with Crippen molar-refractivity contribution in [3.63, 3.8) is 0 Å². The molecule has 4 heteroatoms. The summed E-state index contributed by atoms with van der Waals surface area (Å²) in [5, 5.41) is 0.691. The number of benzene rings is 2. The van der Waals surface area contributed by atoms with Gasteiger partial charge in [-0.1, -0.05) is 33.9 Å². The van der Waals surface area contributed by atoms with Crippen LogP contribution < -0.4 is 4.74 Å². The predicted molar refractivity (Wildman–Crippen MR) is 75.1 cm³/mol. The molecule has 0 heterocycles. The Balaban J connectivity index is 2.21. The molecule has 0 aliphatic carbocycles. The van der Waals surface area contributed by atoms with Crippen molar-refractivity contribution in [2.75, 3.05) is 0 Å². The van der Waals surface area contributed by atoms with Crippen molar-refractivity contribution >= 4 is 35.4 Å². The lowest BCUT2D eigenvalue weighted by atomic mass is 9.97. The summed E-state index contributed by atoms with van der Waals surface area (Å²) in [6.07, 6.45) is 0.471. The summed E-state index contributed by atoms with van der Waals surface area (Å²) < 4.78 is 6.69. The van der Waals surface area contributed by atoms with Gasteiger partial charge in [0.2, 0.25) is 0 Å². The van der Waals surface area contributed by atoms with Crippen molar-refractivity contribution in [1.82, 2.24) is 0 Å². The lowest BCUT2D eigenvalue weighted by Gasteiger charge is -2.08. The van der Waals surface area contributed by atoms with Gasteiger partial charge in [0.25, 0.3) is 0 Å². The zero-order valence-electron chi connectivity index (χ0n) is 8.99. The summed E-state index contributed by atoms with van der Waals surface area (Å²) in [7, 11) is 5.63. The highest BCUT2D eigenvalue weighted by molar-refractivity contribution is 9.10. The van der Waals surface area contributed by atoms with Crippen molar-refractivity contribution in [2.24, 2.45) is 0 Å². The molecule has 0 bridgehead atoms. The maximum Gasteiger partial charge on any atom is 0.127 e. The van der Waals surface area contributed by atoms with Crippen LogP contribution in [0.25, 0.3) is 0 Å². The molecule has 0 saturated heterocycles. The van der Waals surface area contributed by atoms with E-state index in [-0.39, 0.29) is 0 Å². The number of halogens is 2. The van der Waals surface area contributed by atoms with Crippen LogP contribution >= 0.6 is 27.5 Å². The van der Waals surface area contributed by atoms with Crippen molar-refractivity contribution in [3.05, 3.63) is 57.5 Å². The minimum absolute atomic E-state index is 0.471. The Bertz CT molecular complexity index is 513. The molecule has 0 fully saturated rings. The lowest BCUT2D eigenvalue weighted by molar-refractivity contribution is 0.482. The van der Waals surface area contributed by atoms with Crippen LogP contribution in [0.4, 0.5) is 0 Å². The summed E-state index contributed by atoms with van der Waals surface area (Å²) in [6.45, 7) is 0. The van der Waals surface area contributed by atoms with Gasteiger partial charge in [-0.15, -0.1) is 0 Å². The first-order chi connectivity index (χ1) is 8.19. The van der Waals surface area contributed by atoms with Gasteiger partial charge < -0.3 is 4.74 Å². The first-order valence-electron chi connectivity index (χ1n) is 5.11. The molecule has 2 aromatic carbocycles. The Kier molecular flexibility index (Phi) is 4.13. The van der Waals surface area contributed by atoms with E-state index in [4.69, 9.17) is 24.2 Å². The van der Waals surface area contributed by atoms with Gasteiger partial charge in [-0.3, -0.25) is 0 Å². The molecule has 2 aromatic rings. The fourth-order valence-electron chi connectivity index (χ4n) is 1.41. The third kappa shape index (κ3) is 3.27. The summed E-state index contributed by atoms with van der Waals surface area (Å²) in [4.78, 5) is 0. The van der Waals surface area contributed by atoms with E-state index < -0.39 is 0 Å². The van der Waals surface area contributed by atoms with Crippen LogP contribution in [0.5, 0.6) is 11.5 Å². The molecule has 0 atom stereocenters. The molecule has 2 radical (unpaired) electrons. The normalized spacial score (nSPS) is 10.2. The monoisotopic (exact) mass is 306 g/mol. The van der Waals surface area contributed by atoms with Gasteiger partial charge in [0, 0.05) is 9.50 Å². The van der Waals surface area contributed by atoms with Crippen LogP contribution in [0, 0.1) is 0 Å². The number of hydrogen-bond acceptors (Lipinski definition) is 1. The maximum absolute atomic E-state index is 5.80. The van der Waals surface area contributed by atoms with E-state index in [0.29, 0.717) is 11.3 Å². The molecule has 0 aromatic heterocycles. The van der Waals surface area contributed by atoms with Crippen LogP contribution in [0.3, 0.4) is 0 Å². The molecular weight excluding hydrogens is 298 g/mol. The van der Waals surface area contributed by atoms with E-state index in [0.717, 1.165) is 21.5 Å². The van der Waals surface area contributed by atoms with E-state index in [1.54, 1.807) is 12.1 Å². The van der Waals surface area contributed by atoms with Crippen molar-refractivity contribution in [3.8, 4) is 11.5 Å². The SMILES string of the molecule is [B]Cc1cc(Oc2ccc(Cl)cc2)ccc1Br. The largest absolute Gasteiger partial charge is 0.457 e. The minimum Gasteiger partial charge on any atom is -0.457 e. The molecule has 0 aliphatic rings. The zero-order valence-corrected chi connectivity index (χ0v) is 11.3. The van der Waals surface area contributed by atoms with E-state index in [2.05, 4.69) is 15.9 Å². The van der Waals surface area contributed by atoms with Crippen LogP contribution in [0.1, 0.15) is 5.56 Å². The third-order valence-electron chi connectivity index (χ3n) is 2.29. The lowest BCUT2D eigenvalue weighted by Crippen LogP contribution is -1.89. The first-order valence-corrected chi connectivity index (χ1v) is 6.28. The van der Waals surface area contributed by atoms with E-state index in [1.165, 1.54) is 0 Å². The smallest absolute Gasteiger partial charge is 0.127 e. The summed E-state index contributed by atoms with van der Waals surface area (Å²) in [5.41, 5.74) is 1.01. The van der Waals surface area contributed by atoms with Gasteiger partial charge in [-0.05, 0) is 48.0 Å². The van der Waals surface area contributed by atoms with E-state index >= 15 is 0 Å². The number of rotatable bonds is 3. The topological polar surface area (TPSA) is 9.23 Å². The van der Waals surface area contributed by atoms with Crippen molar-refractivity contribution in [2.45, 2.75) is 6.32 Å². The quantitative estimate of drug-likeness (QED) is 0.755. The fraction of sp³-hybridized carbons (Fsp3) is 0.0769. The first kappa shape index (κ1) is 12.5. The zero-order chi connectivity index (χ0) is 12.3. The Morgan fingerprint density at radius 2 is 1.71 bits per heavy atom. The molecule has 84 valence electrons. The molecule has 0 N–H and O–H groups in total. The number of hydrogen-bond donors (Lipinski definition) is 0. The summed E-state index contributed by atoms with van der Waals surface area (Å²) in [5.74, 6) is 1.51. The molecule has 1 nitrogen and oxygen atoms in total. The Morgan fingerprint density at radius 1 is 1.06 bits per heavy atom. The molecule has 0 aliphatic heterocycles. The predicted octanol–water partition coefficient (Wildman–Crippen LogP) is 4.56. The second kappa shape index (κ2) is 5.61. The van der Waals surface area contributed by atoms with Crippen LogP contribution in [0.15, 0.2) is 46.9 Å². The Hall–Kier alpha value is -0.925. The molecule has 0 spiro atoms. The minimum atomic E-state index is 0.471. The van der Waals surface area contributed by atoms with E-state index in [9.17, 15) is 0 Å². The summed E-state index contributed by atoms with van der Waals surface area (Å²) >= 11 is 9.24. The van der Waals surface area contributed by atoms with Crippen LogP contribution in [-0.4, -0.2) is 7.85 Å². The van der Waals surface area contributed by atoms with Gasteiger partial charge in [0.1, 0.15) is 11.5 Å². The highest BCUT2D eigenvalue weighted by Gasteiger charge is 2.02. The molecular formula is C13H9BBrClO. The third-order valence-corrected chi connectivity index (χ3v) is 3.31. The fourth-order valence-corrected chi connectivity index (χ4v) is 1.94. The molecule has 17 heavy (non-hydrogen) atoms. The molecule has 2 rings (SSSR count). The van der Waals surface area contributed by atoms with Crippen molar-refractivity contribution < 1.29 is 4.74 Å². The van der Waals surface area contributed by atoms with Gasteiger partial charge in [-0.2, -0.15) is 0 Å². The Labute approximate surface area is 115 Å². The molecule has 0 saturated carbocycles. The standard InChI is InChI=1S/C13H9BBrClO/c14-8-9-7-12(5-6-13(9)15)17-11-3-1-10(16)2-4-11/h1-7H,8H2. The average molecular weight is 307 g/mol. The van der Waals surface area contributed by atoms with Crippen molar-refractivity contribution in [1.29, 1.82) is 0 Å². The second-order valence-corrected chi connectivity index (χ2v) is 4.80. The number of ether oxygens (including phenoxy) is 1. The second-order valence-electron chi connectivity index (χ2n) is 3.51. The maximum atomic E-state index is 5.80. The van der Waals surface area contributed by atoms with Crippen LogP contribution in [-0.2, 0) is 6.32 Å². The molecule has 0 unspecified atom stereocenters. The van der Waals surface area contributed by atoms with Gasteiger partial charge in [0.05, 0.1) is 7.85 Å². The Morgan fingerprint density at radius 3 is 2.35 bits per heavy atom. The highest BCUT2D eigenvalue weighted by atomic mass is 79.9. The van der Waals surface area contributed by atoms with Crippen LogP contribution in [0.2, 0.25) is 5.02 Å².